The standard InChI is InChI=1S/C20H32O3/c1-6-7-8-9-10-11-12-15(2)13-14-18-16(3)19(21)17(4)20(22-5)23-18/h13H,6-12,14H2,1-5H3. The van der Waals surface area contributed by atoms with Crippen LogP contribution in [0.25, 0.3) is 0 Å². The normalized spacial score (nSPS) is 11.8. The molecule has 0 aliphatic heterocycles. The van der Waals surface area contributed by atoms with E-state index < -0.39 is 0 Å². The van der Waals surface area contributed by atoms with E-state index in [4.69, 9.17) is 9.15 Å². The van der Waals surface area contributed by atoms with Crippen molar-refractivity contribution in [2.45, 2.75) is 79.1 Å². The van der Waals surface area contributed by atoms with Crippen molar-refractivity contribution in [3.63, 3.8) is 0 Å². The largest absolute Gasteiger partial charge is 0.468 e. The summed E-state index contributed by atoms with van der Waals surface area (Å²) in [5, 5.41) is 0. The second-order valence-electron chi connectivity index (χ2n) is 6.37. The van der Waals surface area contributed by atoms with Gasteiger partial charge >= 0.3 is 0 Å². The summed E-state index contributed by atoms with van der Waals surface area (Å²) in [4.78, 5) is 12.2. The summed E-state index contributed by atoms with van der Waals surface area (Å²) < 4.78 is 10.9. The van der Waals surface area contributed by atoms with Crippen molar-refractivity contribution >= 4 is 0 Å². The summed E-state index contributed by atoms with van der Waals surface area (Å²) in [6, 6.07) is 0. The van der Waals surface area contributed by atoms with E-state index in [2.05, 4.69) is 19.9 Å². The van der Waals surface area contributed by atoms with Crippen LogP contribution in [0.1, 0.15) is 75.7 Å². The van der Waals surface area contributed by atoms with E-state index in [-0.39, 0.29) is 5.43 Å². The lowest BCUT2D eigenvalue weighted by atomic mass is 10.0. The molecule has 3 heteroatoms. The highest BCUT2D eigenvalue weighted by Gasteiger charge is 2.13. The van der Waals surface area contributed by atoms with Crippen LogP contribution in [-0.2, 0) is 6.42 Å². The van der Waals surface area contributed by atoms with Crippen molar-refractivity contribution < 1.29 is 9.15 Å². The monoisotopic (exact) mass is 320 g/mol. The number of unbranched alkanes of at least 4 members (excludes halogenated alkanes) is 5. The molecule has 1 aromatic rings. The average molecular weight is 320 g/mol. The SMILES string of the molecule is CCCCCCCCC(C)=CCc1oc(OC)c(C)c(=O)c1C. The molecule has 0 spiro atoms. The Kier molecular flexibility index (Phi) is 8.75. The third kappa shape index (κ3) is 6.25. The lowest BCUT2D eigenvalue weighted by Gasteiger charge is -2.08. The van der Waals surface area contributed by atoms with Gasteiger partial charge in [-0.15, -0.1) is 0 Å². The van der Waals surface area contributed by atoms with E-state index >= 15 is 0 Å². The molecular formula is C20H32O3. The van der Waals surface area contributed by atoms with Crippen LogP contribution in [0, 0.1) is 13.8 Å². The second kappa shape index (κ2) is 10.3. The zero-order valence-electron chi connectivity index (χ0n) is 15.5. The molecule has 0 N–H and O–H groups in total. The maximum absolute atomic E-state index is 12.2. The summed E-state index contributed by atoms with van der Waals surface area (Å²) in [6.45, 7) is 7.96. The van der Waals surface area contributed by atoms with Crippen molar-refractivity contribution in [2.24, 2.45) is 0 Å². The molecule has 23 heavy (non-hydrogen) atoms. The quantitative estimate of drug-likeness (QED) is 0.422. The maximum Gasteiger partial charge on any atom is 0.291 e. The molecule has 0 aromatic carbocycles. The lowest BCUT2D eigenvalue weighted by molar-refractivity contribution is 0.281. The Bertz CT molecular complexity index is 567. The van der Waals surface area contributed by atoms with Gasteiger partial charge in [0, 0.05) is 12.0 Å². The van der Waals surface area contributed by atoms with Gasteiger partial charge in [0.15, 0.2) is 5.43 Å². The molecule has 3 nitrogen and oxygen atoms in total. The fourth-order valence-electron chi connectivity index (χ4n) is 2.71. The van der Waals surface area contributed by atoms with Gasteiger partial charge in [-0.05, 0) is 33.6 Å². The first-order chi connectivity index (χ1) is 11.0. The Morgan fingerprint density at radius 3 is 2.39 bits per heavy atom. The number of rotatable bonds is 10. The predicted molar refractivity (Wildman–Crippen MR) is 96.5 cm³/mol. The van der Waals surface area contributed by atoms with Crippen LogP contribution >= 0.6 is 0 Å². The fraction of sp³-hybridized carbons (Fsp3) is 0.650. The van der Waals surface area contributed by atoms with Gasteiger partial charge < -0.3 is 9.15 Å². The summed E-state index contributed by atoms with van der Waals surface area (Å²) in [5.74, 6) is 1.04. The molecule has 1 aromatic heterocycles. The first-order valence-electron chi connectivity index (χ1n) is 8.84. The topological polar surface area (TPSA) is 39.4 Å². The molecule has 0 aliphatic carbocycles. The van der Waals surface area contributed by atoms with E-state index in [0.29, 0.717) is 29.3 Å². The number of methoxy groups -OCH3 is 1. The lowest BCUT2D eigenvalue weighted by Crippen LogP contribution is -2.13. The number of allylic oxidation sites excluding steroid dienone is 2. The molecular weight excluding hydrogens is 288 g/mol. The molecule has 0 saturated heterocycles. The van der Waals surface area contributed by atoms with Crippen LogP contribution in [-0.4, -0.2) is 7.11 Å². The molecule has 0 fully saturated rings. The average Bonchev–Trinajstić information content (AvgIpc) is 2.55. The molecule has 0 amide bonds. The Hall–Kier alpha value is -1.51. The van der Waals surface area contributed by atoms with Gasteiger partial charge in [0.2, 0.25) is 0 Å². The van der Waals surface area contributed by atoms with Gasteiger partial charge in [-0.1, -0.05) is 50.7 Å². The van der Waals surface area contributed by atoms with Crippen molar-refractivity contribution in [3.8, 4) is 5.95 Å². The highest BCUT2D eigenvalue weighted by Crippen LogP contribution is 2.20. The highest BCUT2D eigenvalue weighted by molar-refractivity contribution is 5.30. The minimum absolute atomic E-state index is 0.0186. The third-order valence-corrected chi connectivity index (χ3v) is 4.37. The molecule has 1 heterocycles. The van der Waals surface area contributed by atoms with E-state index in [9.17, 15) is 4.79 Å². The van der Waals surface area contributed by atoms with E-state index in [1.54, 1.807) is 6.92 Å². The van der Waals surface area contributed by atoms with Gasteiger partial charge in [0.1, 0.15) is 5.76 Å². The molecule has 1 rings (SSSR count). The highest BCUT2D eigenvalue weighted by atomic mass is 16.6. The summed E-state index contributed by atoms with van der Waals surface area (Å²) in [7, 11) is 1.53. The zero-order chi connectivity index (χ0) is 17.2. The molecule has 0 atom stereocenters. The van der Waals surface area contributed by atoms with E-state index in [0.717, 1.165) is 6.42 Å². The molecule has 0 unspecified atom stereocenters. The Labute approximate surface area is 140 Å². The van der Waals surface area contributed by atoms with Crippen molar-refractivity contribution in [3.05, 3.63) is 38.8 Å². The van der Waals surface area contributed by atoms with Crippen molar-refractivity contribution in [1.29, 1.82) is 0 Å². The van der Waals surface area contributed by atoms with Crippen LogP contribution in [0.2, 0.25) is 0 Å². The second-order valence-corrected chi connectivity index (χ2v) is 6.37. The van der Waals surface area contributed by atoms with Crippen LogP contribution in [0.3, 0.4) is 0 Å². The van der Waals surface area contributed by atoms with Gasteiger partial charge in [-0.2, -0.15) is 0 Å². The first-order valence-corrected chi connectivity index (χ1v) is 8.84. The van der Waals surface area contributed by atoms with Gasteiger partial charge in [-0.25, -0.2) is 0 Å². The summed E-state index contributed by atoms with van der Waals surface area (Å²) >= 11 is 0. The van der Waals surface area contributed by atoms with Crippen molar-refractivity contribution in [2.75, 3.05) is 7.11 Å². The van der Waals surface area contributed by atoms with Crippen LogP contribution in [0.4, 0.5) is 0 Å². The minimum atomic E-state index is 0.0186. The van der Waals surface area contributed by atoms with Gasteiger partial charge in [-0.3, -0.25) is 4.79 Å². The molecule has 130 valence electrons. The predicted octanol–water partition coefficient (Wildman–Crippen LogP) is 5.50. The van der Waals surface area contributed by atoms with Gasteiger partial charge in [0.05, 0.1) is 12.7 Å². The molecule has 0 aliphatic rings. The van der Waals surface area contributed by atoms with Crippen LogP contribution < -0.4 is 10.2 Å². The molecule has 0 saturated carbocycles. The zero-order valence-corrected chi connectivity index (χ0v) is 15.5. The minimum Gasteiger partial charge on any atom is -0.468 e. The van der Waals surface area contributed by atoms with E-state index in [1.165, 1.54) is 51.2 Å². The Balaban J connectivity index is 2.56. The van der Waals surface area contributed by atoms with Crippen LogP contribution in [0.15, 0.2) is 20.9 Å². The summed E-state index contributed by atoms with van der Waals surface area (Å²) in [6.07, 6.45) is 11.8. The Morgan fingerprint density at radius 1 is 1.09 bits per heavy atom. The first kappa shape index (κ1) is 19.5. The third-order valence-electron chi connectivity index (χ3n) is 4.37. The fourth-order valence-corrected chi connectivity index (χ4v) is 2.71. The maximum atomic E-state index is 12.2. The molecule has 0 radical (unpaired) electrons. The van der Waals surface area contributed by atoms with Crippen LogP contribution in [0.5, 0.6) is 5.95 Å². The smallest absolute Gasteiger partial charge is 0.291 e. The number of hydrogen-bond acceptors (Lipinski definition) is 3. The summed E-state index contributed by atoms with van der Waals surface area (Å²) in [5.41, 5.74) is 2.61. The van der Waals surface area contributed by atoms with Crippen molar-refractivity contribution in [1.82, 2.24) is 0 Å². The van der Waals surface area contributed by atoms with E-state index in [1.807, 2.05) is 6.92 Å². The number of ether oxygens (including phenoxy) is 1. The Morgan fingerprint density at radius 2 is 1.74 bits per heavy atom. The molecule has 0 bridgehead atoms. The number of hydrogen-bond donors (Lipinski definition) is 0. The van der Waals surface area contributed by atoms with Gasteiger partial charge in [0.25, 0.3) is 5.95 Å².